The van der Waals surface area contributed by atoms with Gasteiger partial charge in [0.15, 0.2) is 5.11 Å². The Hall–Kier alpha value is -1.17. The van der Waals surface area contributed by atoms with Crippen LogP contribution < -0.4 is 5.32 Å². The van der Waals surface area contributed by atoms with Crippen LogP contribution in [0.4, 0.5) is 4.39 Å². The van der Waals surface area contributed by atoms with Crippen molar-refractivity contribution in [2.45, 2.75) is 50.5 Å². The lowest BCUT2D eigenvalue weighted by Crippen LogP contribution is -2.48. The van der Waals surface area contributed by atoms with Gasteiger partial charge in [-0.3, -0.25) is 4.39 Å². The zero-order valence-electron chi connectivity index (χ0n) is 12.9. The third-order valence-electron chi connectivity index (χ3n) is 5.13. The van der Waals surface area contributed by atoms with Crippen LogP contribution in [-0.2, 0) is 0 Å². The van der Waals surface area contributed by atoms with E-state index < -0.39 is 0 Å². The molecule has 2 N–H and O–H groups in total. The van der Waals surface area contributed by atoms with E-state index in [0.717, 1.165) is 56.7 Å². The van der Waals surface area contributed by atoms with Gasteiger partial charge in [0.25, 0.3) is 0 Å². The summed E-state index contributed by atoms with van der Waals surface area (Å²) in [5, 5.41) is 4.38. The summed E-state index contributed by atoms with van der Waals surface area (Å²) in [6.07, 6.45) is 9.95. The Morgan fingerprint density at radius 1 is 1.27 bits per heavy atom. The van der Waals surface area contributed by atoms with Gasteiger partial charge >= 0.3 is 0 Å². The Balaban J connectivity index is 1.42. The Morgan fingerprint density at radius 3 is 2.59 bits per heavy atom. The first-order valence-electron chi connectivity index (χ1n) is 8.36. The fourth-order valence-corrected chi connectivity index (χ4v) is 3.96. The van der Waals surface area contributed by atoms with E-state index in [1.54, 1.807) is 6.33 Å². The number of imidazole rings is 1. The number of H-pyrrole nitrogens is 1. The molecular formula is C16H25FN4S. The summed E-state index contributed by atoms with van der Waals surface area (Å²) in [5.41, 5.74) is 1.24. The van der Waals surface area contributed by atoms with Crippen LogP contribution in [0, 0.1) is 5.92 Å². The minimum atomic E-state index is -0.168. The molecular weight excluding hydrogens is 298 g/mol. The van der Waals surface area contributed by atoms with Gasteiger partial charge < -0.3 is 15.2 Å². The van der Waals surface area contributed by atoms with E-state index in [4.69, 9.17) is 12.2 Å². The number of rotatable bonds is 3. The van der Waals surface area contributed by atoms with Gasteiger partial charge in [-0.05, 0) is 56.7 Å². The van der Waals surface area contributed by atoms with Gasteiger partial charge in [0.2, 0.25) is 0 Å². The third-order valence-corrected chi connectivity index (χ3v) is 5.51. The summed E-state index contributed by atoms with van der Waals surface area (Å²) in [6, 6.07) is 0.431. The van der Waals surface area contributed by atoms with Crippen molar-refractivity contribution in [2.24, 2.45) is 5.92 Å². The molecule has 1 aromatic heterocycles. The quantitative estimate of drug-likeness (QED) is 0.839. The first-order valence-corrected chi connectivity index (χ1v) is 8.76. The second kappa shape index (κ2) is 7.40. The Bertz CT molecular complexity index is 463. The van der Waals surface area contributed by atoms with E-state index in [0.29, 0.717) is 12.0 Å². The number of piperidine rings is 1. The van der Waals surface area contributed by atoms with Gasteiger partial charge in [0.05, 0.1) is 13.0 Å². The second-order valence-corrected chi connectivity index (χ2v) is 6.98. The van der Waals surface area contributed by atoms with E-state index in [-0.39, 0.29) is 12.6 Å². The highest BCUT2D eigenvalue weighted by Crippen LogP contribution is 2.27. The lowest BCUT2D eigenvalue weighted by Gasteiger charge is -2.36. The number of alkyl halides is 1. The maximum absolute atomic E-state index is 12.7. The predicted octanol–water partition coefficient (Wildman–Crippen LogP) is 2.99. The predicted molar refractivity (Wildman–Crippen MR) is 89.6 cm³/mol. The number of hydrogen-bond acceptors (Lipinski definition) is 2. The standard InChI is InChI=1S/C16H25FN4S/c17-9-12-1-3-14(4-2-12)20-16(22)21-7-5-13(6-8-21)15-10-18-11-19-15/h10-14H,1-9H2,(H,18,19)(H,20,22)/i17-1. The number of thiocarbonyl (C=S) groups is 1. The van der Waals surface area contributed by atoms with E-state index in [2.05, 4.69) is 20.2 Å². The van der Waals surface area contributed by atoms with Gasteiger partial charge in [-0.15, -0.1) is 0 Å². The number of hydrogen-bond donors (Lipinski definition) is 2. The molecule has 0 aromatic carbocycles. The van der Waals surface area contributed by atoms with Crippen molar-refractivity contribution in [2.75, 3.05) is 19.8 Å². The number of likely N-dealkylation sites (tertiary alicyclic amines) is 1. The third kappa shape index (κ3) is 3.77. The van der Waals surface area contributed by atoms with Crippen molar-refractivity contribution >= 4 is 17.3 Å². The highest BCUT2D eigenvalue weighted by molar-refractivity contribution is 7.80. The number of aromatic amines is 1. The number of halogens is 1. The molecule has 2 aliphatic rings. The maximum atomic E-state index is 12.7. The minimum Gasteiger partial charge on any atom is -0.360 e. The second-order valence-electron chi connectivity index (χ2n) is 6.59. The van der Waals surface area contributed by atoms with E-state index in [1.165, 1.54) is 5.69 Å². The molecule has 3 rings (SSSR count). The average Bonchev–Trinajstić information content (AvgIpc) is 3.10. The van der Waals surface area contributed by atoms with Crippen molar-refractivity contribution in [3.05, 3.63) is 18.2 Å². The maximum Gasteiger partial charge on any atom is 0.169 e. The molecule has 6 heteroatoms. The minimum absolute atomic E-state index is 0.168. The SMILES string of the molecule is [18F]CC1CCC(NC(=S)N2CCC(c3cnc[nH]3)CC2)CC1. The molecule has 0 bridgehead atoms. The summed E-state index contributed by atoms with van der Waals surface area (Å²) in [7, 11) is 0. The van der Waals surface area contributed by atoms with Crippen LogP contribution in [0.3, 0.4) is 0 Å². The molecule has 2 heterocycles. The molecule has 0 amide bonds. The monoisotopic (exact) mass is 323 g/mol. The molecule has 22 heavy (non-hydrogen) atoms. The van der Waals surface area contributed by atoms with Crippen LogP contribution in [0.2, 0.25) is 0 Å². The summed E-state index contributed by atoms with van der Waals surface area (Å²) in [4.78, 5) is 9.61. The number of nitrogens with zero attached hydrogens (tertiary/aromatic N) is 2. The van der Waals surface area contributed by atoms with E-state index >= 15 is 0 Å². The van der Waals surface area contributed by atoms with Crippen molar-refractivity contribution < 1.29 is 4.39 Å². The highest BCUT2D eigenvalue weighted by atomic mass is 32.1. The molecule has 2 fully saturated rings. The van der Waals surface area contributed by atoms with Crippen LogP contribution >= 0.6 is 12.2 Å². The van der Waals surface area contributed by atoms with Crippen LogP contribution in [-0.4, -0.2) is 45.8 Å². The lowest BCUT2D eigenvalue weighted by atomic mass is 9.87. The molecule has 1 aromatic rings. The fourth-order valence-electron chi connectivity index (χ4n) is 3.61. The summed E-state index contributed by atoms with van der Waals surface area (Å²) < 4.78 is 12.7. The Morgan fingerprint density at radius 2 is 2.00 bits per heavy atom. The number of aromatic nitrogens is 2. The van der Waals surface area contributed by atoms with Gasteiger partial charge in [-0.2, -0.15) is 0 Å². The van der Waals surface area contributed by atoms with Crippen LogP contribution in [0.1, 0.15) is 50.1 Å². The summed E-state index contributed by atoms with van der Waals surface area (Å²) >= 11 is 5.57. The normalized spacial score (nSPS) is 26.9. The lowest BCUT2D eigenvalue weighted by molar-refractivity contribution is 0.248. The topological polar surface area (TPSA) is 44.0 Å². The zero-order valence-corrected chi connectivity index (χ0v) is 13.7. The van der Waals surface area contributed by atoms with Crippen molar-refractivity contribution in [1.29, 1.82) is 0 Å². The van der Waals surface area contributed by atoms with Crippen molar-refractivity contribution in [3.8, 4) is 0 Å². The van der Waals surface area contributed by atoms with Crippen LogP contribution in [0.15, 0.2) is 12.5 Å². The molecule has 1 aliphatic carbocycles. The van der Waals surface area contributed by atoms with Crippen molar-refractivity contribution in [3.63, 3.8) is 0 Å². The van der Waals surface area contributed by atoms with Crippen molar-refractivity contribution in [1.82, 2.24) is 20.2 Å². The highest BCUT2D eigenvalue weighted by Gasteiger charge is 2.26. The summed E-state index contributed by atoms with van der Waals surface area (Å²) in [5.74, 6) is 0.846. The molecule has 0 unspecified atom stereocenters. The molecule has 1 saturated carbocycles. The van der Waals surface area contributed by atoms with Gasteiger partial charge in [-0.25, -0.2) is 4.98 Å². The van der Waals surface area contributed by atoms with Crippen LogP contribution in [0.5, 0.6) is 0 Å². The van der Waals surface area contributed by atoms with Crippen LogP contribution in [0.25, 0.3) is 0 Å². The molecule has 122 valence electrons. The Kier molecular flexibility index (Phi) is 5.28. The van der Waals surface area contributed by atoms with Gasteiger partial charge in [0.1, 0.15) is 0 Å². The molecule has 0 atom stereocenters. The van der Waals surface area contributed by atoms with Gasteiger partial charge in [-0.1, -0.05) is 0 Å². The first-order chi connectivity index (χ1) is 10.8. The largest absolute Gasteiger partial charge is 0.360 e. The first kappa shape index (κ1) is 15.7. The fraction of sp³-hybridized carbons (Fsp3) is 0.750. The zero-order chi connectivity index (χ0) is 15.4. The smallest absolute Gasteiger partial charge is 0.169 e. The van der Waals surface area contributed by atoms with Gasteiger partial charge in [0, 0.05) is 36.9 Å². The Labute approximate surface area is 136 Å². The molecule has 0 radical (unpaired) electrons. The molecule has 0 spiro atoms. The molecule has 1 saturated heterocycles. The molecule has 4 nitrogen and oxygen atoms in total. The number of nitrogens with one attached hydrogen (secondary N) is 2. The summed E-state index contributed by atoms with van der Waals surface area (Å²) in [6.45, 7) is 1.82. The van der Waals surface area contributed by atoms with E-state index in [1.807, 2.05) is 6.20 Å². The van der Waals surface area contributed by atoms with E-state index in [9.17, 15) is 4.39 Å². The molecule has 1 aliphatic heterocycles. The average molecular weight is 323 g/mol.